The Labute approximate surface area is 184 Å². The summed E-state index contributed by atoms with van der Waals surface area (Å²) in [5.41, 5.74) is 0.0620. The van der Waals surface area contributed by atoms with Crippen LogP contribution < -0.4 is 5.32 Å². The van der Waals surface area contributed by atoms with E-state index in [1.54, 1.807) is 12.2 Å². The maximum absolute atomic E-state index is 13.5. The summed E-state index contributed by atoms with van der Waals surface area (Å²) in [5.74, 6) is -2.81. The van der Waals surface area contributed by atoms with E-state index in [0.29, 0.717) is 17.5 Å². The monoisotopic (exact) mass is 464 g/mol. The zero-order valence-corrected chi connectivity index (χ0v) is 17.8. The largest absolute Gasteiger partial charge is 0.393 e. The maximum Gasteiger partial charge on any atom is 0.256 e. The SMILES string of the molecule is O=C(Nc1ccc(F)c(F)c1)c1cc(S(=O)(=O)N2CCC(O)(CO)CC2)cc2c1C=CC2. The van der Waals surface area contributed by atoms with E-state index in [0.717, 1.165) is 12.1 Å². The average Bonchev–Trinajstić information content (AvgIpc) is 3.24. The molecule has 32 heavy (non-hydrogen) atoms. The Morgan fingerprint density at radius 2 is 1.84 bits per heavy atom. The van der Waals surface area contributed by atoms with Crippen LogP contribution in [-0.2, 0) is 16.4 Å². The Morgan fingerprint density at radius 3 is 2.50 bits per heavy atom. The summed E-state index contributed by atoms with van der Waals surface area (Å²) >= 11 is 0. The van der Waals surface area contributed by atoms with Crippen molar-refractivity contribution >= 4 is 27.7 Å². The molecule has 0 atom stereocenters. The van der Waals surface area contributed by atoms with Crippen molar-refractivity contribution < 1.29 is 32.2 Å². The van der Waals surface area contributed by atoms with Gasteiger partial charge in [0.05, 0.1) is 17.1 Å². The molecule has 170 valence electrons. The van der Waals surface area contributed by atoms with E-state index in [1.165, 1.54) is 22.5 Å². The molecule has 1 aliphatic heterocycles. The van der Waals surface area contributed by atoms with Gasteiger partial charge in [0.1, 0.15) is 0 Å². The Balaban J connectivity index is 1.65. The molecule has 1 fully saturated rings. The molecule has 0 unspecified atom stereocenters. The second-order valence-electron chi connectivity index (χ2n) is 8.02. The third-order valence-electron chi connectivity index (χ3n) is 5.87. The lowest BCUT2D eigenvalue weighted by molar-refractivity contribution is -0.0480. The molecule has 10 heteroatoms. The number of hydrogen-bond donors (Lipinski definition) is 3. The van der Waals surface area contributed by atoms with E-state index in [9.17, 15) is 32.2 Å². The van der Waals surface area contributed by atoms with Crippen molar-refractivity contribution in [2.24, 2.45) is 0 Å². The highest BCUT2D eigenvalue weighted by atomic mass is 32.2. The molecule has 1 heterocycles. The summed E-state index contributed by atoms with van der Waals surface area (Å²) in [6.07, 6.45) is 4.16. The van der Waals surface area contributed by atoms with E-state index >= 15 is 0 Å². The molecular weight excluding hydrogens is 442 g/mol. The summed E-state index contributed by atoms with van der Waals surface area (Å²) < 4.78 is 54.4. The molecule has 1 amide bonds. The Morgan fingerprint density at radius 1 is 1.12 bits per heavy atom. The topological polar surface area (TPSA) is 107 Å². The van der Waals surface area contributed by atoms with Gasteiger partial charge < -0.3 is 15.5 Å². The van der Waals surface area contributed by atoms with Crippen molar-refractivity contribution in [2.75, 3.05) is 25.0 Å². The summed E-state index contributed by atoms with van der Waals surface area (Å²) in [5, 5.41) is 22.0. The quantitative estimate of drug-likeness (QED) is 0.630. The van der Waals surface area contributed by atoms with Crippen molar-refractivity contribution in [3.63, 3.8) is 0 Å². The Kier molecular flexibility index (Phi) is 5.89. The first-order valence-corrected chi connectivity index (χ1v) is 11.5. The number of amides is 1. The second-order valence-corrected chi connectivity index (χ2v) is 9.96. The number of benzene rings is 2. The normalized spacial score (nSPS) is 17.9. The molecule has 2 aromatic rings. The van der Waals surface area contributed by atoms with E-state index in [1.807, 2.05) is 0 Å². The minimum atomic E-state index is -3.96. The van der Waals surface area contributed by atoms with Crippen LogP contribution >= 0.6 is 0 Å². The molecule has 0 spiro atoms. The number of fused-ring (bicyclic) bond motifs is 1. The van der Waals surface area contributed by atoms with Gasteiger partial charge >= 0.3 is 0 Å². The van der Waals surface area contributed by atoms with E-state index in [-0.39, 0.29) is 42.1 Å². The molecule has 1 saturated heterocycles. The number of nitrogens with zero attached hydrogens (tertiary/aromatic N) is 1. The molecule has 0 saturated carbocycles. The van der Waals surface area contributed by atoms with Gasteiger partial charge in [0.2, 0.25) is 10.0 Å². The van der Waals surface area contributed by atoms with Crippen LogP contribution in [-0.4, -0.2) is 54.1 Å². The van der Waals surface area contributed by atoms with Crippen molar-refractivity contribution in [3.8, 4) is 0 Å². The lowest BCUT2D eigenvalue weighted by Gasteiger charge is -2.36. The number of allylic oxidation sites excluding steroid dienone is 1. The number of aliphatic hydroxyl groups excluding tert-OH is 1. The molecule has 4 rings (SSSR count). The number of nitrogens with one attached hydrogen (secondary N) is 1. The predicted molar refractivity (Wildman–Crippen MR) is 114 cm³/mol. The van der Waals surface area contributed by atoms with Crippen molar-refractivity contribution in [3.05, 3.63) is 64.7 Å². The number of aliphatic hydroxyl groups is 2. The molecule has 0 bridgehead atoms. The molecule has 2 aliphatic rings. The number of rotatable bonds is 5. The number of hydrogen-bond acceptors (Lipinski definition) is 5. The molecular formula is C22H22F2N2O5S. The molecule has 0 radical (unpaired) electrons. The fourth-order valence-electron chi connectivity index (χ4n) is 3.91. The number of carbonyl (C=O) groups excluding carboxylic acids is 1. The Bertz CT molecular complexity index is 1210. The van der Waals surface area contributed by atoms with Gasteiger partial charge in [-0.25, -0.2) is 17.2 Å². The average molecular weight is 464 g/mol. The summed E-state index contributed by atoms with van der Waals surface area (Å²) in [6.45, 7) is -0.379. The van der Waals surface area contributed by atoms with Gasteiger partial charge in [-0.3, -0.25) is 4.79 Å². The zero-order valence-electron chi connectivity index (χ0n) is 17.0. The number of carbonyl (C=O) groups is 1. The van der Waals surface area contributed by atoms with Crippen LogP contribution in [0.5, 0.6) is 0 Å². The van der Waals surface area contributed by atoms with Crippen molar-refractivity contribution in [2.45, 2.75) is 29.8 Å². The molecule has 1 aliphatic carbocycles. The first-order valence-electron chi connectivity index (χ1n) is 10.1. The standard InChI is InChI=1S/C22H22F2N2O5S/c23-19-5-4-15(11-20(19)24)25-21(28)18-12-16(10-14-2-1-3-17(14)18)32(30,31)26-8-6-22(29,13-27)7-9-26/h1,3-5,10-12,27,29H,2,6-9,13H2,(H,25,28). The molecule has 3 N–H and O–H groups in total. The smallest absolute Gasteiger partial charge is 0.256 e. The van der Waals surface area contributed by atoms with Crippen LogP contribution in [0.3, 0.4) is 0 Å². The van der Waals surface area contributed by atoms with E-state index in [4.69, 9.17) is 0 Å². The lowest BCUT2D eigenvalue weighted by atomic mass is 9.94. The molecule has 2 aromatic carbocycles. The van der Waals surface area contributed by atoms with Crippen molar-refractivity contribution in [1.82, 2.24) is 4.31 Å². The highest BCUT2D eigenvalue weighted by molar-refractivity contribution is 7.89. The van der Waals surface area contributed by atoms with Crippen LogP contribution in [0, 0.1) is 11.6 Å². The van der Waals surface area contributed by atoms with Gasteiger partial charge in [0, 0.05) is 30.4 Å². The fraction of sp³-hybridized carbons (Fsp3) is 0.318. The zero-order chi connectivity index (χ0) is 23.1. The van der Waals surface area contributed by atoms with Crippen LogP contribution in [0.15, 0.2) is 41.3 Å². The second kappa shape index (κ2) is 8.36. The minimum Gasteiger partial charge on any atom is -0.393 e. The highest BCUT2D eigenvalue weighted by Crippen LogP contribution is 2.32. The fourth-order valence-corrected chi connectivity index (χ4v) is 5.43. The first kappa shape index (κ1) is 22.5. The van der Waals surface area contributed by atoms with Crippen LogP contribution in [0.1, 0.15) is 34.3 Å². The van der Waals surface area contributed by atoms with Gasteiger partial charge in [-0.2, -0.15) is 4.31 Å². The van der Waals surface area contributed by atoms with E-state index in [2.05, 4.69) is 5.32 Å². The molecule has 0 aromatic heterocycles. The highest BCUT2D eigenvalue weighted by Gasteiger charge is 2.37. The summed E-state index contributed by atoms with van der Waals surface area (Å²) in [6, 6.07) is 5.74. The van der Waals surface area contributed by atoms with Gasteiger partial charge in [0.15, 0.2) is 11.6 Å². The number of anilines is 1. The summed E-state index contributed by atoms with van der Waals surface area (Å²) in [7, 11) is -3.96. The van der Waals surface area contributed by atoms with Gasteiger partial charge in [-0.1, -0.05) is 12.2 Å². The van der Waals surface area contributed by atoms with Crippen LogP contribution in [0.4, 0.5) is 14.5 Å². The number of halogens is 2. The third kappa shape index (κ3) is 4.18. The molecule has 7 nitrogen and oxygen atoms in total. The van der Waals surface area contributed by atoms with Crippen LogP contribution in [0.25, 0.3) is 6.08 Å². The van der Waals surface area contributed by atoms with E-state index < -0.39 is 39.8 Å². The van der Waals surface area contributed by atoms with Crippen LogP contribution in [0.2, 0.25) is 0 Å². The van der Waals surface area contributed by atoms with Gasteiger partial charge in [0.25, 0.3) is 5.91 Å². The van der Waals surface area contributed by atoms with Gasteiger partial charge in [-0.05, 0) is 54.7 Å². The Hall–Kier alpha value is -2.66. The first-order chi connectivity index (χ1) is 15.1. The number of piperidine rings is 1. The maximum atomic E-state index is 13.5. The third-order valence-corrected chi connectivity index (χ3v) is 7.75. The number of sulfonamides is 1. The lowest BCUT2D eigenvalue weighted by Crippen LogP contribution is -2.48. The van der Waals surface area contributed by atoms with Gasteiger partial charge in [-0.15, -0.1) is 0 Å². The summed E-state index contributed by atoms with van der Waals surface area (Å²) in [4.78, 5) is 12.9. The minimum absolute atomic E-state index is 0.0329. The predicted octanol–water partition coefficient (Wildman–Crippen LogP) is 2.29. The van der Waals surface area contributed by atoms with Crippen molar-refractivity contribution in [1.29, 1.82) is 0 Å².